The summed E-state index contributed by atoms with van der Waals surface area (Å²) in [6, 6.07) is 13.6. The minimum atomic E-state index is -0.334. The fourth-order valence-electron chi connectivity index (χ4n) is 1.90. The molecular weight excluding hydrogens is 348 g/mol. The first-order valence-electron chi connectivity index (χ1n) is 6.48. The second-order valence-corrected chi connectivity index (χ2v) is 5.25. The molecule has 0 aliphatic heterocycles. The van der Waals surface area contributed by atoms with Crippen LogP contribution in [0.1, 0.15) is 15.9 Å². The SMILES string of the molecule is COc1cccc(C(=O)C(Br)=C(O)c2cccc(OC)c2)c1. The third-order valence-electron chi connectivity index (χ3n) is 3.08. The summed E-state index contributed by atoms with van der Waals surface area (Å²) < 4.78 is 10.3. The predicted molar refractivity (Wildman–Crippen MR) is 88.8 cm³/mol. The van der Waals surface area contributed by atoms with Crippen molar-refractivity contribution in [2.75, 3.05) is 14.2 Å². The molecule has 0 fully saturated rings. The standard InChI is InChI=1S/C17H15BrO4/c1-21-13-7-3-5-11(9-13)16(19)15(18)17(20)12-6-4-8-14(10-12)22-2/h3-10,19H,1-2H3. The van der Waals surface area contributed by atoms with Crippen LogP contribution >= 0.6 is 15.9 Å². The second-order valence-electron chi connectivity index (χ2n) is 4.46. The Kier molecular flexibility index (Phi) is 5.22. The molecule has 2 rings (SSSR count). The van der Waals surface area contributed by atoms with Gasteiger partial charge in [0.25, 0.3) is 0 Å². The van der Waals surface area contributed by atoms with Gasteiger partial charge in [-0.1, -0.05) is 24.3 Å². The summed E-state index contributed by atoms with van der Waals surface area (Å²) in [5.74, 6) is 0.691. The van der Waals surface area contributed by atoms with Crippen LogP contribution in [0.5, 0.6) is 11.5 Å². The number of aliphatic hydroxyl groups excluding tert-OH is 1. The van der Waals surface area contributed by atoms with E-state index in [1.807, 2.05) is 0 Å². The highest BCUT2D eigenvalue weighted by atomic mass is 79.9. The van der Waals surface area contributed by atoms with E-state index in [4.69, 9.17) is 9.47 Å². The summed E-state index contributed by atoms with van der Waals surface area (Å²) in [5, 5.41) is 10.3. The number of ketones is 1. The van der Waals surface area contributed by atoms with Gasteiger partial charge < -0.3 is 14.6 Å². The van der Waals surface area contributed by atoms with Crippen LogP contribution in [0.4, 0.5) is 0 Å². The van der Waals surface area contributed by atoms with Gasteiger partial charge in [0.05, 0.1) is 14.2 Å². The number of aliphatic hydroxyl groups is 1. The van der Waals surface area contributed by atoms with Crippen LogP contribution in [-0.4, -0.2) is 25.1 Å². The molecule has 0 aromatic heterocycles. The molecule has 0 bridgehead atoms. The quantitative estimate of drug-likeness (QED) is 0.491. The topological polar surface area (TPSA) is 55.8 Å². The Labute approximate surface area is 137 Å². The van der Waals surface area contributed by atoms with Crippen LogP contribution in [0.25, 0.3) is 5.76 Å². The van der Waals surface area contributed by atoms with Crippen molar-refractivity contribution in [2.24, 2.45) is 0 Å². The number of carbonyl (C=O) groups excluding carboxylic acids is 1. The zero-order chi connectivity index (χ0) is 16.1. The number of rotatable bonds is 5. The van der Waals surface area contributed by atoms with Crippen LogP contribution in [-0.2, 0) is 0 Å². The monoisotopic (exact) mass is 362 g/mol. The zero-order valence-corrected chi connectivity index (χ0v) is 13.8. The van der Waals surface area contributed by atoms with Gasteiger partial charge >= 0.3 is 0 Å². The fourth-order valence-corrected chi connectivity index (χ4v) is 2.35. The van der Waals surface area contributed by atoms with E-state index >= 15 is 0 Å². The number of Topliss-reactive ketones (excluding diaryl/α,β-unsaturated/α-hetero) is 1. The van der Waals surface area contributed by atoms with Crippen molar-refractivity contribution >= 4 is 27.5 Å². The summed E-state index contributed by atoms with van der Waals surface area (Å²) in [7, 11) is 3.07. The first kappa shape index (κ1) is 16.1. The van der Waals surface area contributed by atoms with Crippen molar-refractivity contribution in [3.8, 4) is 11.5 Å². The highest BCUT2D eigenvalue weighted by Gasteiger charge is 2.16. The average molecular weight is 363 g/mol. The molecule has 2 aromatic rings. The first-order valence-corrected chi connectivity index (χ1v) is 7.28. The van der Waals surface area contributed by atoms with Gasteiger partial charge in [0, 0.05) is 11.1 Å². The lowest BCUT2D eigenvalue weighted by Gasteiger charge is -2.07. The van der Waals surface area contributed by atoms with E-state index in [2.05, 4.69) is 15.9 Å². The summed E-state index contributed by atoms with van der Waals surface area (Å²) in [4.78, 5) is 12.4. The van der Waals surface area contributed by atoms with Gasteiger partial charge in [0.1, 0.15) is 21.7 Å². The Morgan fingerprint density at radius 3 is 2.00 bits per heavy atom. The van der Waals surface area contributed by atoms with Gasteiger partial charge in [-0.15, -0.1) is 0 Å². The van der Waals surface area contributed by atoms with E-state index in [1.165, 1.54) is 14.2 Å². The third-order valence-corrected chi connectivity index (χ3v) is 3.82. The number of hydrogen-bond acceptors (Lipinski definition) is 4. The van der Waals surface area contributed by atoms with E-state index in [1.54, 1.807) is 48.5 Å². The molecule has 0 heterocycles. The maximum atomic E-state index is 12.4. The predicted octanol–water partition coefficient (Wildman–Crippen LogP) is 4.21. The molecule has 0 aliphatic carbocycles. The van der Waals surface area contributed by atoms with E-state index in [9.17, 15) is 9.90 Å². The number of hydrogen-bond donors (Lipinski definition) is 1. The van der Waals surface area contributed by atoms with Gasteiger partial charge in [-0.05, 0) is 40.2 Å². The number of halogens is 1. The number of ether oxygens (including phenoxy) is 2. The zero-order valence-electron chi connectivity index (χ0n) is 12.2. The molecular formula is C17H15BrO4. The van der Waals surface area contributed by atoms with Crippen molar-refractivity contribution in [3.05, 3.63) is 64.1 Å². The molecule has 5 heteroatoms. The molecule has 0 atom stereocenters. The summed E-state index contributed by atoms with van der Waals surface area (Å²) >= 11 is 3.17. The molecule has 1 N–H and O–H groups in total. The van der Waals surface area contributed by atoms with Gasteiger partial charge in [-0.2, -0.15) is 0 Å². The van der Waals surface area contributed by atoms with Crippen LogP contribution in [0, 0.1) is 0 Å². The van der Waals surface area contributed by atoms with Crippen LogP contribution in [0.3, 0.4) is 0 Å². The summed E-state index contributed by atoms with van der Waals surface area (Å²) in [5.41, 5.74) is 0.906. The fraction of sp³-hybridized carbons (Fsp3) is 0.118. The van der Waals surface area contributed by atoms with E-state index < -0.39 is 0 Å². The maximum absolute atomic E-state index is 12.4. The maximum Gasteiger partial charge on any atom is 0.203 e. The Hall–Kier alpha value is -2.27. The van der Waals surface area contributed by atoms with E-state index in [0.717, 1.165) is 0 Å². The van der Waals surface area contributed by atoms with Gasteiger partial charge in [0.2, 0.25) is 5.78 Å². The largest absolute Gasteiger partial charge is 0.506 e. The number of methoxy groups -OCH3 is 2. The van der Waals surface area contributed by atoms with Crippen molar-refractivity contribution in [3.63, 3.8) is 0 Å². The van der Waals surface area contributed by atoms with Crippen LogP contribution in [0.2, 0.25) is 0 Å². The number of carbonyl (C=O) groups is 1. The molecule has 0 amide bonds. The molecule has 22 heavy (non-hydrogen) atoms. The molecule has 0 saturated heterocycles. The van der Waals surface area contributed by atoms with Gasteiger partial charge in [-0.3, -0.25) is 4.79 Å². The molecule has 4 nitrogen and oxygen atoms in total. The summed E-state index contributed by atoms with van der Waals surface area (Å²) in [6.07, 6.45) is 0. The molecule has 114 valence electrons. The Morgan fingerprint density at radius 1 is 0.955 bits per heavy atom. The normalized spacial score (nSPS) is 11.6. The molecule has 0 radical (unpaired) electrons. The van der Waals surface area contributed by atoms with Crippen molar-refractivity contribution in [1.29, 1.82) is 0 Å². The highest BCUT2D eigenvalue weighted by Crippen LogP contribution is 2.27. The van der Waals surface area contributed by atoms with Gasteiger partial charge in [-0.25, -0.2) is 0 Å². The lowest BCUT2D eigenvalue weighted by molar-refractivity contribution is 0.104. The van der Waals surface area contributed by atoms with Crippen molar-refractivity contribution < 1.29 is 19.4 Å². The minimum Gasteiger partial charge on any atom is -0.506 e. The molecule has 0 aliphatic rings. The second kappa shape index (κ2) is 7.13. The van der Waals surface area contributed by atoms with Crippen LogP contribution < -0.4 is 9.47 Å². The summed E-state index contributed by atoms with van der Waals surface area (Å²) in [6.45, 7) is 0. The molecule has 0 saturated carbocycles. The molecule has 2 aromatic carbocycles. The Bertz CT molecular complexity index is 722. The van der Waals surface area contributed by atoms with Crippen molar-refractivity contribution in [2.45, 2.75) is 0 Å². The van der Waals surface area contributed by atoms with E-state index in [0.29, 0.717) is 22.6 Å². The minimum absolute atomic E-state index is 0.0778. The Balaban J connectivity index is 2.38. The smallest absolute Gasteiger partial charge is 0.203 e. The Morgan fingerprint density at radius 2 is 1.45 bits per heavy atom. The molecule has 0 unspecified atom stereocenters. The van der Waals surface area contributed by atoms with Crippen LogP contribution in [0.15, 0.2) is 53.0 Å². The third kappa shape index (κ3) is 3.49. The van der Waals surface area contributed by atoms with E-state index in [-0.39, 0.29) is 16.0 Å². The highest BCUT2D eigenvalue weighted by molar-refractivity contribution is 9.12. The number of allylic oxidation sites excluding steroid dienone is 1. The number of benzene rings is 2. The van der Waals surface area contributed by atoms with Gasteiger partial charge in [0.15, 0.2) is 0 Å². The average Bonchev–Trinajstić information content (AvgIpc) is 2.59. The van der Waals surface area contributed by atoms with Crippen molar-refractivity contribution in [1.82, 2.24) is 0 Å². The molecule has 0 spiro atoms. The lowest BCUT2D eigenvalue weighted by Crippen LogP contribution is -2.02. The first-order chi connectivity index (χ1) is 10.6. The lowest BCUT2D eigenvalue weighted by atomic mass is 10.1.